The maximum Gasteiger partial charge on any atom is 0.160 e. The minimum atomic E-state index is 0.373. The molecule has 1 saturated heterocycles. The Balaban J connectivity index is 1.78. The summed E-state index contributed by atoms with van der Waals surface area (Å²) in [6.45, 7) is 1.77. The van der Waals surface area contributed by atoms with Crippen LogP contribution in [0.15, 0.2) is 18.3 Å². The summed E-state index contributed by atoms with van der Waals surface area (Å²) in [6.07, 6.45) is 6.81. The fourth-order valence-electron chi connectivity index (χ4n) is 2.65. The molecule has 2 aromatic rings. The number of hydrogen-bond acceptors (Lipinski definition) is 3. The molecular weight excluding hydrogens is 262 g/mol. The third-order valence-corrected chi connectivity index (χ3v) is 3.89. The van der Waals surface area contributed by atoms with E-state index in [0.29, 0.717) is 12.0 Å². The van der Waals surface area contributed by atoms with Crippen LogP contribution in [0.2, 0.25) is 0 Å². The Morgan fingerprint density at radius 3 is 3.16 bits per heavy atom. The highest BCUT2D eigenvalue weighted by atomic mass is 35.5. The third kappa shape index (κ3) is 2.74. The number of imidazole rings is 1. The highest BCUT2D eigenvalue weighted by Crippen LogP contribution is 2.20. The molecule has 0 amide bonds. The minimum absolute atomic E-state index is 0.373. The first kappa shape index (κ1) is 12.9. The fourth-order valence-corrected chi connectivity index (χ4v) is 2.85. The molecule has 0 N–H and O–H groups in total. The highest BCUT2D eigenvalue weighted by Gasteiger charge is 2.16. The second-order valence-electron chi connectivity index (χ2n) is 4.94. The van der Waals surface area contributed by atoms with E-state index < -0.39 is 0 Å². The van der Waals surface area contributed by atoms with Gasteiger partial charge in [-0.25, -0.2) is 9.97 Å². The number of fused-ring (bicyclic) bond motifs is 1. The molecule has 0 radical (unpaired) electrons. The number of nitrogens with zero attached hydrogens (tertiary/aromatic N) is 3. The van der Waals surface area contributed by atoms with Crippen LogP contribution in [-0.2, 0) is 17.2 Å². The van der Waals surface area contributed by atoms with Crippen LogP contribution in [0.3, 0.4) is 0 Å². The number of halogens is 1. The van der Waals surface area contributed by atoms with Crippen molar-refractivity contribution in [1.82, 2.24) is 14.5 Å². The summed E-state index contributed by atoms with van der Waals surface area (Å²) >= 11 is 5.98. The van der Waals surface area contributed by atoms with Gasteiger partial charge >= 0.3 is 0 Å². The number of aromatic nitrogens is 3. The normalized spacial score (nSPS) is 19.9. The molecule has 0 bridgehead atoms. The van der Waals surface area contributed by atoms with Crippen LogP contribution in [0, 0.1) is 0 Å². The molecule has 0 spiro atoms. The molecule has 1 aliphatic heterocycles. The summed E-state index contributed by atoms with van der Waals surface area (Å²) in [7, 11) is 0. The molecule has 3 heterocycles. The molecule has 19 heavy (non-hydrogen) atoms. The van der Waals surface area contributed by atoms with Gasteiger partial charge in [0.1, 0.15) is 11.3 Å². The largest absolute Gasteiger partial charge is 0.378 e. The quantitative estimate of drug-likeness (QED) is 0.807. The molecule has 1 aliphatic rings. The minimum Gasteiger partial charge on any atom is -0.378 e. The standard InChI is InChI=1S/C14H18ClN3O/c15-10-13-17-12-5-3-7-16-14(12)18(13)8-6-11-4-1-2-9-19-11/h3,5,7,11H,1-2,4,6,8-10H2. The molecule has 4 nitrogen and oxygen atoms in total. The van der Waals surface area contributed by atoms with Crippen LogP contribution in [0.5, 0.6) is 0 Å². The van der Waals surface area contributed by atoms with Crippen molar-refractivity contribution in [2.24, 2.45) is 0 Å². The van der Waals surface area contributed by atoms with Gasteiger partial charge in [0.05, 0.1) is 12.0 Å². The van der Waals surface area contributed by atoms with Crippen molar-refractivity contribution in [2.75, 3.05) is 6.61 Å². The Kier molecular flexibility index (Phi) is 3.99. The van der Waals surface area contributed by atoms with Gasteiger partial charge in [0.15, 0.2) is 5.65 Å². The zero-order valence-corrected chi connectivity index (χ0v) is 11.6. The van der Waals surface area contributed by atoms with E-state index in [0.717, 1.165) is 43.0 Å². The second kappa shape index (κ2) is 5.88. The number of pyridine rings is 1. The van der Waals surface area contributed by atoms with Gasteiger partial charge in [0.25, 0.3) is 0 Å². The molecule has 0 aliphatic carbocycles. The van der Waals surface area contributed by atoms with Gasteiger partial charge in [-0.1, -0.05) is 0 Å². The van der Waals surface area contributed by atoms with E-state index in [1.807, 2.05) is 12.1 Å². The van der Waals surface area contributed by atoms with Crippen LogP contribution in [0.1, 0.15) is 31.5 Å². The molecule has 5 heteroatoms. The maximum absolute atomic E-state index is 5.98. The molecule has 2 aromatic heterocycles. The van der Waals surface area contributed by atoms with Crippen LogP contribution in [-0.4, -0.2) is 27.2 Å². The van der Waals surface area contributed by atoms with Gasteiger partial charge in [0.2, 0.25) is 0 Å². The van der Waals surface area contributed by atoms with Crippen molar-refractivity contribution < 1.29 is 4.74 Å². The predicted octanol–water partition coefficient (Wildman–Crippen LogP) is 3.13. The Labute approximate surface area is 117 Å². The lowest BCUT2D eigenvalue weighted by Gasteiger charge is -2.22. The van der Waals surface area contributed by atoms with Gasteiger partial charge in [-0.3, -0.25) is 0 Å². The summed E-state index contributed by atoms with van der Waals surface area (Å²) in [4.78, 5) is 8.94. The topological polar surface area (TPSA) is 39.9 Å². The van der Waals surface area contributed by atoms with Gasteiger partial charge in [0, 0.05) is 19.3 Å². The lowest BCUT2D eigenvalue weighted by molar-refractivity contribution is 0.00887. The number of rotatable bonds is 4. The zero-order valence-electron chi connectivity index (χ0n) is 10.9. The third-order valence-electron chi connectivity index (χ3n) is 3.65. The summed E-state index contributed by atoms with van der Waals surface area (Å²) in [6, 6.07) is 3.88. The van der Waals surface area contributed by atoms with E-state index in [-0.39, 0.29) is 0 Å². The first-order valence-electron chi connectivity index (χ1n) is 6.86. The van der Waals surface area contributed by atoms with Crippen LogP contribution in [0.4, 0.5) is 0 Å². The Bertz CT molecular complexity index is 549. The number of aryl methyl sites for hydroxylation is 1. The van der Waals surface area contributed by atoms with Crippen molar-refractivity contribution in [3.05, 3.63) is 24.2 Å². The van der Waals surface area contributed by atoms with E-state index in [1.54, 1.807) is 6.20 Å². The molecular formula is C14H18ClN3O. The SMILES string of the molecule is ClCc1nc2cccnc2n1CCC1CCCCO1. The lowest BCUT2D eigenvalue weighted by atomic mass is 10.1. The molecule has 0 saturated carbocycles. The zero-order chi connectivity index (χ0) is 13.1. The number of hydrogen-bond donors (Lipinski definition) is 0. The fraction of sp³-hybridized carbons (Fsp3) is 0.571. The van der Waals surface area contributed by atoms with Crippen molar-refractivity contribution in [3.63, 3.8) is 0 Å². The second-order valence-corrected chi connectivity index (χ2v) is 5.20. The average Bonchev–Trinajstić information content (AvgIpc) is 2.84. The average molecular weight is 280 g/mol. The molecule has 3 rings (SSSR count). The van der Waals surface area contributed by atoms with Gasteiger partial charge < -0.3 is 9.30 Å². The van der Waals surface area contributed by atoms with Crippen LogP contribution in [0.25, 0.3) is 11.2 Å². The van der Waals surface area contributed by atoms with Crippen molar-refractivity contribution in [2.45, 2.75) is 44.2 Å². The van der Waals surface area contributed by atoms with E-state index in [1.165, 1.54) is 12.8 Å². The summed E-state index contributed by atoms with van der Waals surface area (Å²) in [5.41, 5.74) is 1.84. The highest BCUT2D eigenvalue weighted by molar-refractivity contribution is 6.16. The van der Waals surface area contributed by atoms with Crippen molar-refractivity contribution in [3.8, 4) is 0 Å². The first-order chi connectivity index (χ1) is 9.38. The number of ether oxygens (including phenoxy) is 1. The van der Waals surface area contributed by atoms with Gasteiger partial charge in [-0.05, 0) is 37.8 Å². The molecule has 102 valence electrons. The lowest BCUT2D eigenvalue weighted by Crippen LogP contribution is -2.21. The van der Waals surface area contributed by atoms with E-state index in [4.69, 9.17) is 16.3 Å². The summed E-state index contributed by atoms with van der Waals surface area (Å²) in [5.74, 6) is 1.31. The van der Waals surface area contributed by atoms with E-state index >= 15 is 0 Å². The van der Waals surface area contributed by atoms with Crippen LogP contribution >= 0.6 is 11.6 Å². The predicted molar refractivity (Wildman–Crippen MR) is 75.3 cm³/mol. The Hall–Kier alpha value is -1.13. The molecule has 1 fully saturated rings. The van der Waals surface area contributed by atoms with Crippen molar-refractivity contribution in [1.29, 1.82) is 0 Å². The first-order valence-corrected chi connectivity index (χ1v) is 7.39. The molecule has 1 unspecified atom stereocenters. The van der Waals surface area contributed by atoms with E-state index in [2.05, 4.69) is 14.5 Å². The van der Waals surface area contributed by atoms with E-state index in [9.17, 15) is 0 Å². The molecule has 1 atom stereocenters. The summed E-state index contributed by atoms with van der Waals surface area (Å²) in [5, 5.41) is 0. The number of alkyl halides is 1. The Morgan fingerprint density at radius 2 is 2.37 bits per heavy atom. The smallest absolute Gasteiger partial charge is 0.160 e. The Morgan fingerprint density at radius 1 is 1.42 bits per heavy atom. The van der Waals surface area contributed by atoms with Gasteiger partial charge in [-0.2, -0.15) is 0 Å². The van der Waals surface area contributed by atoms with Crippen LogP contribution < -0.4 is 0 Å². The maximum atomic E-state index is 5.98. The summed E-state index contributed by atoms with van der Waals surface area (Å²) < 4.78 is 7.90. The van der Waals surface area contributed by atoms with Crippen molar-refractivity contribution >= 4 is 22.8 Å². The molecule has 0 aromatic carbocycles. The monoisotopic (exact) mass is 279 g/mol. The van der Waals surface area contributed by atoms with Gasteiger partial charge in [-0.15, -0.1) is 11.6 Å².